The van der Waals surface area contributed by atoms with E-state index in [-0.39, 0.29) is 23.0 Å². The van der Waals surface area contributed by atoms with Gasteiger partial charge in [0.2, 0.25) is 11.8 Å². The molecule has 1 aromatic heterocycles. The summed E-state index contributed by atoms with van der Waals surface area (Å²) in [5.74, 6) is -0.375. The number of carbonyl (C=O) groups excluding carboxylic acids is 5. The second-order valence-corrected chi connectivity index (χ2v) is 37.5. The summed E-state index contributed by atoms with van der Waals surface area (Å²) >= 11 is 0. The van der Waals surface area contributed by atoms with E-state index >= 15 is 0 Å². The fraction of sp³-hybridized carbons (Fsp3) is 0.343. The van der Waals surface area contributed by atoms with Gasteiger partial charge in [-0.2, -0.15) is 39.5 Å². The number of aliphatic carboxylic acids is 1. The molecule has 606 valence electrons. The molecule has 7 aromatic rings. The lowest BCUT2D eigenvalue weighted by atomic mass is 10.1. The average molecular weight is 1660 g/mol. The number of nitrogens with two attached hydrogens (primary N) is 1. The third kappa shape index (κ3) is 28.3. The highest BCUT2D eigenvalue weighted by molar-refractivity contribution is 7.93. The molecule has 110 heavy (non-hydrogen) atoms. The summed E-state index contributed by atoms with van der Waals surface area (Å²) in [6, 6.07) is 32.8. The second kappa shape index (κ2) is 37.9. The number of aromatic nitrogens is 2. The molecule has 43 heteroatoms. The van der Waals surface area contributed by atoms with Gasteiger partial charge in [-0.15, -0.1) is 10.2 Å². The molecule has 1 heterocycles. The number of halogens is 9. The number of hydrogen-bond acceptors (Lipinski definition) is 25. The Labute approximate surface area is 628 Å². The molecule has 0 bridgehead atoms. The Kier molecular flexibility index (Phi) is 33.0. The fourth-order valence-corrected chi connectivity index (χ4v) is 9.23. The van der Waals surface area contributed by atoms with Crippen LogP contribution < -0.4 is 38.1 Å². The van der Waals surface area contributed by atoms with Crippen LogP contribution in [-0.4, -0.2) is 159 Å². The standard InChI is InChI=1S/C19H20F3N3O4S.C19H18F3N3O3S.C14H12F3N3O.C6H12O4S.C5H10O4S.C4H8O4S/c1-18(2,30(3,28)29)17(27)25-24-16(26)14-6-4-5-7-15(14)23-13-10-8-12(9-11-13)19(20,21)22;1-18(2,29(3,26)27)17-25-24-16(28-17)14-6-4-5-7-15(14)23-13-10-8-12(9-11-13)19(20,21)22;15-14(16,17)9-5-7-10(8-6-9)19-12-4-2-1-3-11(12)13(21)20-18;1-6(2,5(7)10-3)11(4,8)9;1-5(2,4(6)7)10(3,8)9;1-8-4(5)3-9(2,6)7/h4-11,23H,1-3H3,(H,24,26)(H,25,27);4-11,23H,1-3H3;1-8,19H,18H2,(H,20,21);1-4H3;1-3H3,(H,6,7);3H2,1-2H3. The molecule has 3 amide bonds. The smallest absolute Gasteiger partial charge is 0.416 e. The predicted octanol–water partition coefficient (Wildman–Crippen LogP) is 9.95. The summed E-state index contributed by atoms with van der Waals surface area (Å²) < 4.78 is 233. The predicted molar refractivity (Wildman–Crippen MR) is 390 cm³/mol. The number of nitrogens with one attached hydrogen (secondary N) is 6. The van der Waals surface area contributed by atoms with Gasteiger partial charge in [-0.1, -0.05) is 36.4 Å². The van der Waals surface area contributed by atoms with E-state index in [0.717, 1.165) is 95.7 Å². The lowest BCUT2D eigenvalue weighted by Gasteiger charge is -2.21. The number of hydrazine groups is 2. The van der Waals surface area contributed by atoms with Gasteiger partial charge in [-0.25, -0.2) is 47.9 Å². The minimum absolute atomic E-state index is 0.0562. The zero-order chi connectivity index (χ0) is 85.0. The highest BCUT2D eigenvalue weighted by Crippen LogP contribution is 2.37. The van der Waals surface area contributed by atoms with E-state index in [4.69, 9.17) is 15.4 Å². The first kappa shape index (κ1) is 95.8. The Morgan fingerprint density at radius 1 is 0.445 bits per heavy atom. The number of hydrogen-bond donors (Lipinski definition) is 8. The molecule has 0 aliphatic carbocycles. The first-order valence-electron chi connectivity index (χ1n) is 30.8. The number of sulfone groups is 5. The lowest BCUT2D eigenvalue weighted by Crippen LogP contribution is -2.53. The number of para-hydroxylation sites is 3. The van der Waals surface area contributed by atoms with Crippen molar-refractivity contribution in [3.05, 3.63) is 179 Å². The van der Waals surface area contributed by atoms with E-state index in [0.29, 0.717) is 39.6 Å². The molecule has 6 aromatic carbocycles. The van der Waals surface area contributed by atoms with Crippen molar-refractivity contribution >= 4 is 119 Å². The molecular formula is C67H80F9N9O20S5. The zero-order valence-electron chi connectivity index (χ0n) is 61.2. The fourth-order valence-electron chi connectivity index (χ4n) is 7.19. The Bertz CT molecular complexity index is 4990. The SMILES string of the molecule is CC(C)(C(=O)NNC(=O)c1ccccc1Nc1ccc(C(F)(F)F)cc1)S(C)(=O)=O.CC(C)(C(=O)O)S(C)(=O)=O.CC(C)(c1nnc(-c2ccccc2Nc2ccc(C(F)(F)F)cc2)o1)S(C)(=O)=O.COC(=O)C(C)(C)S(C)(=O)=O.COC(=O)CS(C)(=O)=O.NNC(=O)c1ccccc1Nc1ccc(C(F)(F)F)cc1. The number of anilines is 6. The van der Waals surface area contributed by atoms with Crippen LogP contribution in [0.15, 0.2) is 150 Å². The van der Waals surface area contributed by atoms with Crippen LogP contribution in [-0.2, 0) is 101 Å². The molecule has 9 N–H and O–H groups in total. The van der Waals surface area contributed by atoms with Crippen molar-refractivity contribution in [1.29, 1.82) is 0 Å². The molecule has 0 saturated heterocycles. The number of ether oxygens (including phenoxy) is 2. The van der Waals surface area contributed by atoms with Gasteiger partial charge >= 0.3 is 36.4 Å². The minimum Gasteiger partial charge on any atom is -0.480 e. The van der Waals surface area contributed by atoms with Gasteiger partial charge < -0.3 is 34.9 Å². The van der Waals surface area contributed by atoms with Crippen molar-refractivity contribution in [3.8, 4) is 11.5 Å². The average Bonchev–Trinajstić information content (AvgIpc) is 1.64. The van der Waals surface area contributed by atoms with Crippen molar-refractivity contribution in [1.82, 2.24) is 26.5 Å². The molecule has 0 atom stereocenters. The van der Waals surface area contributed by atoms with Crippen LogP contribution in [0.1, 0.15) is 98.7 Å². The van der Waals surface area contributed by atoms with Gasteiger partial charge in [-0.05, 0) is 165 Å². The van der Waals surface area contributed by atoms with Crippen LogP contribution >= 0.6 is 0 Å². The molecule has 0 fully saturated rings. The Morgan fingerprint density at radius 2 is 0.791 bits per heavy atom. The molecule has 0 unspecified atom stereocenters. The minimum atomic E-state index is -4.46. The molecule has 7 rings (SSSR count). The van der Waals surface area contributed by atoms with E-state index in [1.165, 1.54) is 90.1 Å². The number of alkyl halides is 9. The molecule has 0 aliphatic heterocycles. The van der Waals surface area contributed by atoms with Gasteiger partial charge in [0.25, 0.3) is 17.7 Å². The number of nitrogen functional groups attached to an aromatic ring is 1. The van der Waals surface area contributed by atoms with Crippen molar-refractivity contribution in [2.24, 2.45) is 5.84 Å². The number of rotatable bonds is 19. The van der Waals surface area contributed by atoms with E-state index in [1.807, 2.05) is 5.43 Å². The number of esters is 2. The van der Waals surface area contributed by atoms with Crippen LogP contribution in [0.4, 0.5) is 73.6 Å². The third-order valence-corrected chi connectivity index (χ3v) is 24.3. The van der Waals surface area contributed by atoms with Gasteiger partial charge in [0.15, 0.2) is 58.7 Å². The van der Waals surface area contributed by atoms with Gasteiger partial charge in [0.1, 0.15) is 15.2 Å². The largest absolute Gasteiger partial charge is 0.480 e. The molecule has 0 aliphatic rings. The van der Waals surface area contributed by atoms with E-state index in [1.54, 1.807) is 60.7 Å². The summed E-state index contributed by atoms with van der Waals surface area (Å²) in [7, 11) is -15.0. The molecule has 0 spiro atoms. The Hall–Kier alpha value is -10.2. The van der Waals surface area contributed by atoms with Crippen molar-refractivity contribution < 1.29 is 129 Å². The number of carboxylic acid groups (broad SMARTS) is 1. The quantitative estimate of drug-likeness (QED) is 0.0123. The monoisotopic (exact) mass is 1660 g/mol. The van der Waals surface area contributed by atoms with Crippen LogP contribution in [0.3, 0.4) is 0 Å². The van der Waals surface area contributed by atoms with E-state index in [2.05, 4.69) is 46.5 Å². The summed E-state index contributed by atoms with van der Waals surface area (Å²) in [5, 5.41) is 24.9. The molecule has 0 saturated carbocycles. The third-order valence-electron chi connectivity index (χ3n) is 15.4. The number of methoxy groups -OCH3 is 2. The zero-order valence-corrected chi connectivity index (χ0v) is 65.3. The maximum atomic E-state index is 12.7. The normalized spacial score (nSPS) is 12.2. The van der Waals surface area contributed by atoms with Crippen LogP contribution in [0.25, 0.3) is 11.5 Å². The number of nitrogens with zero attached hydrogens (tertiary/aromatic N) is 2. The summed E-state index contributed by atoms with van der Waals surface area (Å²) in [4.78, 5) is 67.6. The topological polar surface area (TPSA) is 449 Å². The van der Waals surface area contributed by atoms with Gasteiger partial charge in [-0.3, -0.25) is 45.0 Å². The molecule has 0 radical (unpaired) electrons. The molecular weight excluding hydrogens is 1580 g/mol. The van der Waals surface area contributed by atoms with Crippen molar-refractivity contribution in [3.63, 3.8) is 0 Å². The number of carbonyl (C=O) groups is 6. The summed E-state index contributed by atoms with van der Waals surface area (Å²) in [5.41, 5.74) is 7.18. The van der Waals surface area contributed by atoms with E-state index < -0.39 is 145 Å². The highest BCUT2D eigenvalue weighted by atomic mass is 32.2. The number of amides is 3. The van der Waals surface area contributed by atoms with Gasteiger partial charge in [0.05, 0.1) is 64.7 Å². The van der Waals surface area contributed by atoms with Crippen molar-refractivity contribution in [2.45, 2.75) is 92.9 Å². The summed E-state index contributed by atoms with van der Waals surface area (Å²) in [6.45, 7) is 10.3. The first-order chi connectivity index (χ1) is 49.9. The lowest BCUT2D eigenvalue weighted by molar-refractivity contribution is -0.143. The first-order valence-corrected chi connectivity index (χ1v) is 40.5. The van der Waals surface area contributed by atoms with Crippen LogP contribution in [0, 0.1) is 0 Å². The van der Waals surface area contributed by atoms with Crippen molar-refractivity contribution in [2.75, 3.05) is 67.2 Å². The van der Waals surface area contributed by atoms with Gasteiger partial charge in [0, 0.05) is 48.3 Å². The molecule has 29 nitrogen and oxygen atoms in total. The number of benzene rings is 6. The summed E-state index contributed by atoms with van der Waals surface area (Å²) in [6.07, 6.45) is -8.39. The second-order valence-electron chi connectivity index (χ2n) is 25.1. The Balaban J connectivity index is 0.000000476. The van der Waals surface area contributed by atoms with Crippen LogP contribution in [0.5, 0.6) is 0 Å². The van der Waals surface area contributed by atoms with Crippen LogP contribution in [0.2, 0.25) is 0 Å². The van der Waals surface area contributed by atoms with E-state index in [9.17, 15) is 110 Å². The number of carboxylic acids is 1. The highest BCUT2D eigenvalue weighted by Gasteiger charge is 2.42. The maximum Gasteiger partial charge on any atom is 0.416 e. The Morgan fingerprint density at radius 3 is 1.08 bits per heavy atom. The maximum absolute atomic E-state index is 12.7.